The highest BCUT2D eigenvalue weighted by Crippen LogP contribution is 2.22. The van der Waals surface area contributed by atoms with E-state index in [1.165, 1.54) is 11.1 Å². The number of hydrogen-bond donors (Lipinski definition) is 2. The first kappa shape index (κ1) is 13.2. The quantitative estimate of drug-likeness (QED) is 0.568. The second-order valence-corrected chi connectivity index (χ2v) is 4.89. The Morgan fingerprint density at radius 1 is 1.12 bits per heavy atom. The second kappa shape index (κ2) is 6.02. The van der Waals surface area contributed by atoms with Crippen molar-refractivity contribution in [1.82, 2.24) is 10.6 Å². The van der Waals surface area contributed by atoms with Gasteiger partial charge in [0.25, 0.3) is 0 Å². The summed E-state index contributed by atoms with van der Waals surface area (Å²) in [5, 5.41) is 6.49. The van der Waals surface area contributed by atoms with E-state index in [0.29, 0.717) is 0 Å². The van der Waals surface area contributed by atoms with Crippen LogP contribution < -0.4 is 10.6 Å². The third-order valence-corrected chi connectivity index (χ3v) is 3.01. The van der Waals surface area contributed by atoms with Gasteiger partial charge in [0.1, 0.15) is 0 Å². The molecule has 0 aliphatic rings. The smallest absolute Gasteiger partial charge is 0.0452 e. The minimum absolute atomic E-state index is 0.184. The first-order chi connectivity index (χ1) is 7.60. The van der Waals surface area contributed by atoms with Gasteiger partial charge in [-0.05, 0) is 24.6 Å². The molecule has 90 valence electrons. The molecule has 0 spiro atoms. The molecule has 2 N–H and O–H groups in total. The van der Waals surface area contributed by atoms with Crippen LogP contribution >= 0.6 is 0 Å². The number of rotatable bonds is 6. The van der Waals surface area contributed by atoms with Crippen LogP contribution in [0.4, 0.5) is 0 Å². The van der Waals surface area contributed by atoms with E-state index < -0.39 is 0 Å². The minimum atomic E-state index is 0.184. The SMILES string of the molecule is CCc1ccc(C(C)(C)CNCNC)cc1. The van der Waals surface area contributed by atoms with Gasteiger partial charge in [-0.2, -0.15) is 0 Å². The number of aryl methyl sites for hydroxylation is 1. The van der Waals surface area contributed by atoms with Crippen LogP contribution in [0.25, 0.3) is 0 Å². The topological polar surface area (TPSA) is 24.1 Å². The maximum Gasteiger partial charge on any atom is 0.0452 e. The highest BCUT2D eigenvalue weighted by Gasteiger charge is 2.19. The fourth-order valence-corrected chi connectivity index (χ4v) is 1.79. The van der Waals surface area contributed by atoms with Gasteiger partial charge in [0.05, 0.1) is 0 Å². The average Bonchev–Trinajstić information content (AvgIpc) is 2.29. The lowest BCUT2D eigenvalue weighted by atomic mass is 9.84. The third kappa shape index (κ3) is 3.62. The maximum atomic E-state index is 3.39. The van der Waals surface area contributed by atoms with Crippen LogP contribution in [0.1, 0.15) is 31.9 Å². The van der Waals surface area contributed by atoms with Crippen molar-refractivity contribution in [3.8, 4) is 0 Å². The first-order valence-electron chi connectivity index (χ1n) is 6.05. The fourth-order valence-electron chi connectivity index (χ4n) is 1.79. The molecule has 2 nitrogen and oxygen atoms in total. The van der Waals surface area contributed by atoms with Gasteiger partial charge in [-0.3, -0.25) is 0 Å². The van der Waals surface area contributed by atoms with E-state index in [-0.39, 0.29) is 5.41 Å². The van der Waals surface area contributed by atoms with Crippen molar-refractivity contribution < 1.29 is 0 Å². The summed E-state index contributed by atoms with van der Waals surface area (Å²) in [6, 6.07) is 8.96. The lowest BCUT2D eigenvalue weighted by Gasteiger charge is -2.26. The van der Waals surface area contributed by atoms with Crippen LogP contribution in [0, 0.1) is 0 Å². The molecule has 1 rings (SSSR count). The Kier molecular flexibility index (Phi) is 4.97. The lowest BCUT2D eigenvalue weighted by Crippen LogP contribution is -2.37. The molecule has 1 aromatic carbocycles. The zero-order valence-corrected chi connectivity index (χ0v) is 10.9. The summed E-state index contributed by atoms with van der Waals surface area (Å²) < 4.78 is 0. The van der Waals surface area contributed by atoms with Crippen LogP contribution in [0.2, 0.25) is 0 Å². The molecule has 0 fully saturated rings. The van der Waals surface area contributed by atoms with Gasteiger partial charge in [0.2, 0.25) is 0 Å². The fraction of sp³-hybridized carbons (Fsp3) is 0.571. The van der Waals surface area contributed by atoms with Gasteiger partial charge in [-0.15, -0.1) is 0 Å². The van der Waals surface area contributed by atoms with Crippen LogP contribution in [-0.4, -0.2) is 20.3 Å². The molecule has 0 atom stereocenters. The molecule has 0 aliphatic heterocycles. The van der Waals surface area contributed by atoms with Crippen LogP contribution in [0.5, 0.6) is 0 Å². The summed E-state index contributed by atoms with van der Waals surface area (Å²) in [7, 11) is 1.95. The monoisotopic (exact) mass is 220 g/mol. The van der Waals surface area contributed by atoms with Gasteiger partial charge < -0.3 is 10.6 Å². The normalized spacial score (nSPS) is 11.8. The Hall–Kier alpha value is -0.860. The second-order valence-electron chi connectivity index (χ2n) is 4.89. The molecule has 0 saturated carbocycles. The number of benzene rings is 1. The van der Waals surface area contributed by atoms with E-state index >= 15 is 0 Å². The lowest BCUT2D eigenvalue weighted by molar-refractivity contribution is 0.460. The van der Waals surface area contributed by atoms with Crippen molar-refractivity contribution in [2.75, 3.05) is 20.3 Å². The first-order valence-corrected chi connectivity index (χ1v) is 6.05. The van der Waals surface area contributed by atoms with Crippen molar-refractivity contribution in [1.29, 1.82) is 0 Å². The van der Waals surface area contributed by atoms with E-state index in [1.807, 2.05) is 7.05 Å². The summed E-state index contributed by atoms with van der Waals surface area (Å²) >= 11 is 0. The molecule has 0 radical (unpaired) electrons. The van der Waals surface area contributed by atoms with E-state index in [1.54, 1.807) is 0 Å². The Morgan fingerprint density at radius 2 is 1.75 bits per heavy atom. The highest BCUT2D eigenvalue weighted by atomic mass is 15.0. The molecule has 0 heterocycles. The summed E-state index contributed by atoms with van der Waals surface area (Å²) in [4.78, 5) is 0. The molecular weight excluding hydrogens is 196 g/mol. The molecule has 1 aromatic rings. The Bertz CT molecular complexity index is 301. The standard InChI is InChI=1S/C14H24N2/c1-5-12-6-8-13(9-7-12)14(2,3)10-16-11-15-4/h6-9,15-16H,5,10-11H2,1-4H3. The van der Waals surface area contributed by atoms with E-state index in [4.69, 9.17) is 0 Å². The van der Waals surface area contributed by atoms with E-state index in [2.05, 4.69) is 55.7 Å². The average molecular weight is 220 g/mol. The van der Waals surface area contributed by atoms with Crippen molar-refractivity contribution in [3.63, 3.8) is 0 Å². The molecule has 0 bridgehead atoms. The van der Waals surface area contributed by atoms with Crippen LogP contribution in [0.3, 0.4) is 0 Å². The van der Waals surface area contributed by atoms with E-state index in [9.17, 15) is 0 Å². The van der Waals surface area contributed by atoms with Crippen molar-refractivity contribution in [2.45, 2.75) is 32.6 Å². The zero-order valence-electron chi connectivity index (χ0n) is 10.9. The number of nitrogens with one attached hydrogen (secondary N) is 2. The third-order valence-electron chi connectivity index (χ3n) is 3.01. The predicted octanol–water partition coefficient (Wildman–Crippen LogP) is 2.29. The summed E-state index contributed by atoms with van der Waals surface area (Å²) in [5.41, 5.74) is 2.99. The van der Waals surface area contributed by atoms with Crippen molar-refractivity contribution in [3.05, 3.63) is 35.4 Å². The predicted molar refractivity (Wildman–Crippen MR) is 70.8 cm³/mol. The van der Waals surface area contributed by atoms with Crippen LogP contribution in [0.15, 0.2) is 24.3 Å². The van der Waals surface area contributed by atoms with Crippen molar-refractivity contribution in [2.24, 2.45) is 0 Å². The largest absolute Gasteiger partial charge is 0.308 e. The van der Waals surface area contributed by atoms with E-state index in [0.717, 1.165) is 19.6 Å². The molecule has 0 unspecified atom stereocenters. The number of hydrogen-bond acceptors (Lipinski definition) is 2. The molecular formula is C14H24N2. The summed E-state index contributed by atoms with van der Waals surface area (Å²) in [6.45, 7) is 8.58. The van der Waals surface area contributed by atoms with Gasteiger partial charge in [-0.1, -0.05) is 45.0 Å². The van der Waals surface area contributed by atoms with Gasteiger partial charge in [0.15, 0.2) is 0 Å². The zero-order chi connectivity index (χ0) is 12.0. The van der Waals surface area contributed by atoms with Crippen molar-refractivity contribution >= 4 is 0 Å². The molecule has 2 heteroatoms. The Morgan fingerprint density at radius 3 is 2.25 bits per heavy atom. The maximum absolute atomic E-state index is 3.39. The molecule has 16 heavy (non-hydrogen) atoms. The van der Waals surface area contributed by atoms with Gasteiger partial charge in [0, 0.05) is 18.6 Å². The Balaban J connectivity index is 2.65. The van der Waals surface area contributed by atoms with Gasteiger partial charge >= 0.3 is 0 Å². The minimum Gasteiger partial charge on any atom is -0.308 e. The summed E-state index contributed by atoms with van der Waals surface area (Å²) in [5.74, 6) is 0. The molecule has 0 aliphatic carbocycles. The molecule has 0 aromatic heterocycles. The van der Waals surface area contributed by atoms with Gasteiger partial charge in [-0.25, -0.2) is 0 Å². The highest BCUT2D eigenvalue weighted by molar-refractivity contribution is 5.28. The summed E-state index contributed by atoms with van der Waals surface area (Å²) in [6.07, 6.45) is 1.11. The Labute approximate surface area is 99.5 Å². The van der Waals surface area contributed by atoms with Crippen LogP contribution in [-0.2, 0) is 11.8 Å². The molecule has 0 amide bonds. The molecule has 0 saturated heterocycles.